The number of amides is 1. The summed E-state index contributed by atoms with van der Waals surface area (Å²) in [5, 5.41) is 2.44. The van der Waals surface area contributed by atoms with Crippen molar-refractivity contribution in [1.29, 1.82) is 0 Å². The number of aromatic amines is 1. The van der Waals surface area contributed by atoms with Gasteiger partial charge in [-0.1, -0.05) is 18.2 Å². The Morgan fingerprint density at radius 2 is 1.75 bits per heavy atom. The number of rotatable bonds is 7. The minimum Gasteiger partial charge on any atom is -0.373 e. The van der Waals surface area contributed by atoms with E-state index in [1.165, 1.54) is 12.1 Å². The lowest BCUT2D eigenvalue weighted by molar-refractivity contribution is -0.138. The SMILES string of the molecule is Cc1nc(-c2c(C(F)(F)F)ccc(CNC(=O)C3CC(OCc4cccc(C(F)(F)F)c4)C3)c2F)[nH]c(=O)c1F. The van der Waals surface area contributed by atoms with E-state index in [0.29, 0.717) is 11.6 Å². The van der Waals surface area contributed by atoms with Crippen molar-refractivity contribution in [3.05, 3.63) is 86.3 Å². The van der Waals surface area contributed by atoms with Crippen molar-refractivity contribution >= 4 is 5.91 Å². The standard InChI is InChI=1S/C26H21F8N3O3/c1-12-20(27)24(39)37-22(36-12)19-18(26(32,33)34)6-5-14(21(19)28)10-35-23(38)15-8-17(9-15)40-11-13-3-2-4-16(7-13)25(29,30)31/h2-7,15,17H,8-11H2,1H3,(H,35,38)(H,36,37,39). The van der Waals surface area contributed by atoms with Crippen LogP contribution in [-0.4, -0.2) is 22.0 Å². The Kier molecular flexibility index (Phi) is 8.01. The Bertz CT molecular complexity index is 1480. The van der Waals surface area contributed by atoms with Gasteiger partial charge in [-0.25, -0.2) is 9.37 Å². The number of nitrogens with zero attached hydrogens (tertiary/aromatic N) is 1. The highest BCUT2D eigenvalue weighted by Gasteiger charge is 2.38. The number of benzene rings is 2. The maximum Gasteiger partial charge on any atom is 0.417 e. The van der Waals surface area contributed by atoms with Crippen LogP contribution in [0.25, 0.3) is 11.4 Å². The van der Waals surface area contributed by atoms with Crippen LogP contribution in [0.15, 0.2) is 41.2 Å². The number of aromatic nitrogens is 2. The van der Waals surface area contributed by atoms with E-state index >= 15 is 4.39 Å². The Morgan fingerprint density at radius 3 is 2.38 bits per heavy atom. The van der Waals surface area contributed by atoms with Crippen LogP contribution in [0, 0.1) is 24.5 Å². The van der Waals surface area contributed by atoms with E-state index in [-0.39, 0.29) is 25.0 Å². The molecule has 0 bridgehead atoms. The molecule has 1 saturated carbocycles. The smallest absolute Gasteiger partial charge is 0.373 e. The molecule has 0 unspecified atom stereocenters. The van der Waals surface area contributed by atoms with Crippen LogP contribution < -0.4 is 10.9 Å². The van der Waals surface area contributed by atoms with Gasteiger partial charge in [0.25, 0.3) is 5.56 Å². The number of hydrogen-bond donors (Lipinski definition) is 2. The van der Waals surface area contributed by atoms with E-state index in [1.807, 2.05) is 4.98 Å². The quantitative estimate of drug-likeness (QED) is 0.356. The van der Waals surface area contributed by atoms with Crippen molar-refractivity contribution in [3.8, 4) is 11.4 Å². The van der Waals surface area contributed by atoms with E-state index in [0.717, 1.165) is 25.1 Å². The summed E-state index contributed by atoms with van der Waals surface area (Å²) in [6, 6.07) is 6.04. The molecule has 14 heteroatoms. The summed E-state index contributed by atoms with van der Waals surface area (Å²) in [4.78, 5) is 29.6. The topological polar surface area (TPSA) is 84.1 Å². The molecule has 1 heterocycles. The average molecular weight is 575 g/mol. The third kappa shape index (κ3) is 6.32. The lowest BCUT2D eigenvalue weighted by Gasteiger charge is -2.34. The molecule has 1 fully saturated rings. The summed E-state index contributed by atoms with van der Waals surface area (Å²) in [6.45, 7) is 0.451. The highest BCUT2D eigenvalue weighted by atomic mass is 19.4. The maximum absolute atomic E-state index is 15.3. The van der Waals surface area contributed by atoms with Crippen LogP contribution in [0.1, 0.15) is 40.8 Å². The summed E-state index contributed by atoms with van der Waals surface area (Å²) in [5.74, 6) is -4.62. The van der Waals surface area contributed by atoms with Gasteiger partial charge in [-0.2, -0.15) is 30.7 Å². The van der Waals surface area contributed by atoms with Crippen LogP contribution in [-0.2, 0) is 35.0 Å². The van der Waals surface area contributed by atoms with Crippen LogP contribution in [0.5, 0.6) is 0 Å². The lowest BCUT2D eigenvalue weighted by Crippen LogP contribution is -2.42. The molecule has 3 aromatic rings. The molecular weight excluding hydrogens is 554 g/mol. The van der Waals surface area contributed by atoms with Gasteiger partial charge in [0.2, 0.25) is 11.7 Å². The van der Waals surface area contributed by atoms with Crippen LogP contribution in [0.3, 0.4) is 0 Å². The largest absolute Gasteiger partial charge is 0.417 e. The number of aryl methyl sites for hydroxylation is 1. The van der Waals surface area contributed by atoms with E-state index in [9.17, 15) is 40.3 Å². The number of alkyl halides is 6. The fourth-order valence-corrected chi connectivity index (χ4v) is 4.21. The zero-order valence-electron chi connectivity index (χ0n) is 20.6. The first-order chi connectivity index (χ1) is 18.6. The zero-order chi connectivity index (χ0) is 29.4. The van der Waals surface area contributed by atoms with Crippen molar-refractivity contribution in [3.63, 3.8) is 0 Å². The van der Waals surface area contributed by atoms with E-state index in [2.05, 4.69) is 10.3 Å². The van der Waals surface area contributed by atoms with Gasteiger partial charge >= 0.3 is 12.4 Å². The lowest BCUT2D eigenvalue weighted by atomic mass is 9.81. The summed E-state index contributed by atoms with van der Waals surface area (Å²) in [7, 11) is 0. The first-order valence-corrected chi connectivity index (χ1v) is 11.9. The predicted molar refractivity (Wildman–Crippen MR) is 125 cm³/mol. The average Bonchev–Trinajstić information content (AvgIpc) is 2.84. The molecule has 40 heavy (non-hydrogen) atoms. The molecule has 2 aromatic carbocycles. The normalized spacial score (nSPS) is 17.4. The maximum atomic E-state index is 15.3. The first kappa shape index (κ1) is 29.2. The molecule has 6 nitrogen and oxygen atoms in total. The molecule has 2 N–H and O–H groups in total. The molecule has 1 amide bonds. The molecule has 214 valence electrons. The minimum absolute atomic E-state index is 0.0958. The molecule has 0 atom stereocenters. The number of halogens is 8. The van der Waals surface area contributed by atoms with Crippen molar-refractivity contribution in [1.82, 2.24) is 15.3 Å². The molecule has 4 rings (SSSR count). The fourth-order valence-electron chi connectivity index (χ4n) is 4.21. The van der Waals surface area contributed by atoms with E-state index < -0.39 is 82.2 Å². The predicted octanol–water partition coefficient (Wildman–Crippen LogP) is 5.67. The van der Waals surface area contributed by atoms with Gasteiger partial charge in [-0.05, 0) is 43.5 Å². The van der Waals surface area contributed by atoms with Gasteiger partial charge in [0.05, 0.1) is 35.1 Å². The zero-order valence-corrected chi connectivity index (χ0v) is 20.6. The summed E-state index contributed by atoms with van der Waals surface area (Å²) < 4.78 is 114. The number of ether oxygens (including phenoxy) is 1. The van der Waals surface area contributed by atoms with Crippen LogP contribution in [0.4, 0.5) is 35.1 Å². The number of carbonyl (C=O) groups is 1. The first-order valence-electron chi connectivity index (χ1n) is 11.9. The molecule has 0 saturated heterocycles. The Labute approximate surface area is 221 Å². The molecule has 1 aliphatic rings. The van der Waals surface area contributed by atoms with E-state index in [4.69, 9.17) is 4.74 Å². The van der Waals surface area contributed by atoms with Gasteiger partial charge < -0.3 is 15.0 Å². The van der Waals surface area contributed by atoms with Crippen molar-refractivity contribution in [2.24, 2.45) is 5.92 Å². The number of carbonyl (C=O) groups excluding carboxylic acids is 1. The van der Waals surface area contributed by atoms with E-state index in [1.54, 1.807) is 0 Å². The molecule has 0 radical (unpaired) electrons. The second-order valence-corrected chi connectivity index (χ2v) is 9.29. The van der Waals surface area contributed by atoms with Crippen molar-refractivity contribution in [2.75, 3.05) is 0 Å². The Hall–Kier alpha value is -3.81. The van der Waals surface area contributed by atoms with Crippen molar-refractivity contribution < 1.29 is 44.7 Å². The van der Waals surface area contributed by atoms with Crippen LogP contribution in [0.2, 0.25) is 0 Å². The number of nitrogens with one attached hydrogen (secondary N) is 2. The molecular formula is C26H21F8N3O3. The molecule has 1 aliphatic carbocycles. The van der Waals surface area contributed by atoms with Gasteiger partial charge in [-0.15, -0.1) is 0 Å². The van der Waals surface area contributed by atoms with Gasteiger partial charge in [0.15, 0.2) is 0 Å². The minimum atomic E-state index is -5.03. The third-order valence-corrected chi connectivity index (χ3v) is 6.45. The Morgan fingerprint density at radius 1 is 1.05 bits per heavy atom. The summed E-state index contributed by atoms with van der Waals surface area (Å²) >= 11 is 0. The van der Waals surface area contributed by atoms with Gasteiger partial charge in [-0.3, -0.25) is 9.59 Å². The second-order valence-electron chi connectivity index (χ2n) is 9.29. The molecule has 1 aromatic heterocycles. The van der Waals surface area contributed by atoms with Gasteiger partial charge in [0.1, 0.15) is 11.6 Å². The highest BCUT2D eigenvalue weighted by Crippen LogP contribution is 2.38. The fraction of sp³-hybridized carbons (Fsp3) is 0.346. The van der Waals surface area contributed by atoms with Crippen LogP contribution >= 0.6 is 0 Å². The monoisotopic (exact) mass is 575 g/mol. The van der Waals surface area contributed by atoms with Crippen molar-refractivity contribution in [2.45, 2.75) is 51.4 Å². The summed E-state index contributed by atoms with van der Waals surface area (Å²) in [5.41, 5.74) is -5.28. The Balaban J connectivity index is 1.40. The summed E-state index contributed by atoms with van der Waals surface area (Å²) in [6.07, 6.45) is -9.44. The third-order valence-electron chi connectivity index (χ3n) is 6.45. The van der Waals surface area contributed by atoms with Gasteiger partial charge in [0, 0.05) is 18.0 Å². The number of hydrogen-bond acceptors (Lipinski definition) is 4. The highest BCUT2D eigenvalue weighted by molar-refractivity contribution is 5.79. The second kappa shape index (κ2) is 11.0. The molecule has 0 aliphatic heterocycles. The molecule has 0 spiro atoms. The number of H-pyrrole nitrogens is 1.